The summed E-state index contributed by atoms with van der Waals surface area (Å²) in [5.41, 5.74) is 7.26. The van der Waals surface area contributed by atoms with Crippen molar-refractivity contribution in [1.82, 2.24) is 15.6 Å². The third-order valence-electron chi connectivity index (χ3n) is 4.47. The van der Waals surface area contributed by atoms with E-state index in [2.05, 4.69) is 15.6 Å². The maximum Gasteiger partial charge on any atom is 0.326 e. The zero-order valence-electron chi connectivity index (χ0n) is 16.4. The zero-order valence-corrected chi connectivity index (χ0v) is 16.4. The summed E-state index contributed by atoms with van der Waals surface area (Å²) >= 11 is 0. The van der Waals surface area contributed by atoms with Gasteiger partial charge in [-0.05, 0) is 30.9 Å². The van der Waals surface area contributed by atoms with Crippen LogP contribution in [0.2, 0.25) is 0 Å². The van der Waals surface area contributed by atoms with Crippen LogP contribution in [0.25, 0.3) is 10.9 Å². The number of nitrogens with two attached hydrogens (primary N) is 1. The van der Waals surface area contributed by atoms with Gasteiger partial charge >= 0.3 is 5.97 Å². The molecule has 0 aliphatic rings. The maximum atomic E-state index is 12.7. The first-order chi connectivity index (χ1) is 13.2. The number of H-pyrrole nitrogens is 1. The average molecular weight is 388 g/mol. The highest BCUT2D eigenvalue weighted by molar-refractivity contribution is 5.92. The molecule has 8 heteroatoms. The molecule has 0 saturated heterocycles. The van der Waals surface area contributed by atoms with Crippen LogP contribution in [0.4, 0.5) is 0 Å². The Labute approximate surface area is 163 Å². The molecule has 8 nitrogen and oxygen atoms in total. The van der Waals surface area contributed by atoms with Gasteiger partial charge in [0.1, 0.15) is 12.1 Å². The van der Waals surface area contributed by atoms with E-state index in [9.17, 15) is 19.5 Å². The molecule has 0 saturated carbocycles. The van der Waals surface area contributed by atoms with Crippen LogP contribution >= 0.6 is 0 Å². The number of hydrogen-bond donors (Lipinski definition) is 5. The Kier molecular flexibility index (Phi) is 7.17. The molecule has 1 aromatic heterocycles. The second kappa shape index (κ2) is 9.36. The van der Waals surface area contributed by atoms with Crippen LogP contribution < -0.4 is 16.4 Å². The van der Waals surface area contributed by atoms with Gasteiger partial charge in [0.15, 0.2) is 0 Å². The van der Waals surface area contributed by atoms with Crippen molar-refractivity contribution >= 4 is 28.7 Å². The number of carbonyl (C=O) groups is 3. The normalized spacial score (nSPS) is 14.5. The summed E-state index contributed by atoms with van der Waals surface area (Å²) in [5, 5.41) is 15.7. The molecule has 1 aromatic carbocycles. The van der Waals surface area contributed by atoms with Crippen molar-refractivity contribution < 1.29 is 19.5 Å². The van der Waals surface area contributed by atoms with Gasteiger partial charge in [-0.1, -0.05) is 32.0 Å². The number of amides is 2. The van der Waals surface area contributed by atoms with Crippen molar-refractivity contribution in [3.05, 3.63) is 36.0 Å². The van der Waals surface area contributed by atoms with E-state index in [1.807, 2.05) is 38.1 Å². The fraction of sp³-hybridized carbons (Fsp3) is 0.450. The summed E-state index contributed by atoms with van der Waals surface area (Å²) in [7, 11) is 0. The molecule has 0 unspecified atom stereocenters. The first-order valence-electron chi connectivity index (χ1n) is 9.33. The molecular formula is C20H28N4O4. The van der Waals surface area contributed by atoms with Crippen molar-refractivity contribution in [2.75, 3.05) is 0 Å². The van der Waals surface area contributed by atoms with E-state index in [1.54, 1.807) is 6.20 Å². The molecule has 0 radical (unpaired) electrons. The van der Waals surface area contributed by atoms with Crippen LogP contribution in [0.3, 0.4) is 0 Å². The Hall–Kier alpha value is -2.87. The number of aliphatic carboxylic acids is 1. The number of benzene rings is 1. The molecule has 6 N–H and O–H groups in total. The second-order valence-corrected chi connectivity index (χ2v) is 7.44. The lowest BCUT2D eigenvalue weighted by molar-refractivity contribution is -0.142. The lowest BCUT2D eigenvalue weighted by Gasteiger charge is -2.23. The van der Waals surface area contributed by atoms with Gasteiger partial charge in [-0.25, -0.2) is 4.79 Å². The maximum absolute atomic E-state index is 12.7. The van der Waals surface area contributed by atoms with E-state index in [1.165, 1.54) is 6.92 Å². The van der Waals surface area contributed by atoms with Gasteiger partial charge in [0.25, 0.3) is 0 Å². The molecule has 2 amide bonds. The van der Waals surface area contributed by atoms with Crippen LogP contribution in [-0.4, -0.2) is 46.0 Å². The average Bonchev–Trinajstić information content (AvgIpc) is 3.03. The molecule has 2 aromatic rings. The van der Waals surface area contributed by atoms with Crippen LogP contribution in [0.15, 0.2) is 30.5 Å². The number of fused-ring (bicyclic) bond motifs is 1. The van der Waals surface area contributed by atoms with Crippen molar-refractivity contribution in [3.63, 3.8) is 0 Å². The van der Waals surface area contributed by atoms with E-state index in [4.69, 9.17) is 5.73 Å². The van der Waals surface area contributed by atoms with Gasteiger partial charge in [0.2, 0.25) is 11.8 Å². The molecule has 0 aliphatic heterocycles. The molecule has 152 valence electrons. The molecule has 3 atom stereocenters. The highest BCUT2D eigenvalue weighted by Gasteiger charge is 2.28. The lowest BCUT2D eigenvalue weighted by Crippen LogP contribution is -2.54. The third-order valence-corrected chi connectivity index (χ3v) is 4.47. The van der Waals surface area contributed by atoms with Crippen molar-refractivity contribution in [2.24, 2.45) is 11.7 Å². The van der Waals surface area contributed by atoms with Gasteiger partial charge < -0.3 is 26.5 Å². The standard InChI is InChI=1S/C20H28N4O4/c1-11(2)8-16(23-18(25)12(3)21)19(26)24-17(20(27)28)9-13-10-22-15-7-5-4-6-14(13)15/h4-7,10-12,16-17,22H,8-9,21H2,1-3H3,(H,23,25)(H,24,26)(H,27,28)/t12-,16-,17-/m0/s1. The van der Waals surface area contributed by atoms with Gasteiger partial charge in [-0.15, -0.1) is 0 Å². The molecule has 0 fully saturated rings. The molecule has 28 heavy (non-hydrogen) atoms. The van der Waals surface area contributed by atoms with Gasteiger partial charge in [0.05, 0.1) is 6.04 Å². The highest BCUT2D eigenvalue weighted by atomic mass is 16.4. The smallest absolute Gasteiger partial charge is 0.326 e. The predicted molar refractivity (Wildman–Crippen MR) is 107 cm³/mol. The molecular weight excluding hydrogens is 360 g/mol. The Morgan fingerprint density at radius 1 is 1.07 bits per heavy atom. The number of rotatable bonds is 9. The zero-order chi connectivity index (χ0) is 20.8. The number of hydrogen-bond acceptors (Lipinski definition) is 4. The van der Waals surface area contributed by atoms with Crippen molar-refractivity contribution in [2.45, 2.75) is 51.7 Å². The first-order valence-corrected chi connectivity index (χ1v) is 9.33. The van der Waals surface area contributed by atoms with Crippen LogP contribution in [0.1, 0.15) is 32.8 Å². The molecule has 0 bridgehead atoms. The third kappa shape index (κ3) is 5.56. The van der Waals surface area contributed by atoms with Crippen LogP contribution in [-0.2, 0) is 20.8 Å². The second-order valence-electron chi connectivity index (χ2n) is 7.44. The minimum absolute atomic E-state index is 0.126. The van der Waals surface area contributed by atoms with Crippen molar-refractivity contribution in [1.29, 1.82) is 0 Å². The Morgan fingerprint density at radius 3 is 2.32 bits per heavy atom. The van der Waals surface area contributed by atoms with Crippen molar-refractivity contribution in [3.8, 4) is 0 Å². The Balaban J connectivity index is 2.15. The summed E-state index contributed by atoms with van der Waals surface area (Å²) in [6, 6.07) is 4.83. The topological polar surface area (TPSA) is 137 Å². The number of carbonyl (C=O) groups excluding carboxylic acids is 2. The summed E-state index contributed by atoms with van der Waals surface area (Å²) in [6.45, 7) is 5.36. The number of aromatic amines is 1. The fourth-order valence-corrected chi connectivity index (χ4v) is 3.00. The predicted octanol–water partition coefficient (Wildman–Crippen LogP) is 1.16. The highest BCUT2D eigenvalue weighted by Crippen LogP contribution is 2.19. The summed E-state index contributed by atoms with van der Waals surface area (Å²) < 4.78 is 0. The first kappa shape index (κ1) is 21.4. The number of carboxylic acids is 1. The molecule has 2 rings (SSSR count). The minimum atomic E-state index is -1.14. The monoisotopic (exact) mass is 388 g/mol. The van der Waals surface area contributed by atoms with E-state index < -0.39 is 35.9 Å². The van der Waals surface area contributed by atoms with Gasteiger partial charge in [0, 0.05) is 23.5 Å². The van der Waals surface area contributed by atoms with E-state index in [-0.39, 0.29) is 12.3 Å². The Bertz CT molecular complexity index is 844. The SMILES string of the molecule is CC(C)C[C@H](NC(=O)[C@H](C)N)C(=O)N[C@@H](Cc1c[nH]c2ccccc12)C(=O)O. The quantitative estimate of drug-likeness (QED) is 0.439. The summed E-state index contributed by atoms with van der Waals surface area (Å²) in [5.74, 6) is -2.00. The summed E-state index contributed by atoms with van der Waals surface area (Å²) in [6.07, 6.45) is 2.25. The van der Waals surface area contributed by atoms with E-state index in [0.717, 1.165) is 16.5 Å². The van der Waals surface area contributed by atoms with Crippen LogP contribution in [0.5, 0.6) is 0 Å². The molecule has 0 aliphatic carbocycles. The van der Waals surface area contributed by atoms with E-state index in [0.29, 0.717) is 6.42 Å². The van der Waals surface area contributed by atoms with Crippen LogP contribution in [0, 0.1) is 5.92 Å². The van der Waals surface area contributed by atoms with Gasteiger partial charge in [-0.2, -0.15) is 0 Å². The summed E-state index contributed by atoms with van der Waals surface area (Å²) in [4.78, 5) is 39.5. The lowest BCUT2D eigenvalue weighted by atomic mass is 10.0. The number of aromatic nitrogens is 1. The largest absolute Gasteiger partial charge is 0.480 e. The Morgan fingerprint density at radius 2 is 1.71 bits per heavy atom. The van der Waals surface area contributed by atoms with Gasteiger partial charge in [-0.3, -0.25) is 9.59 Å². The number of nitrogens with one attached hydrogen (secondary N) is 3. The number of carboxylic acid groups (broad SMARTS) is 1. The number of para-hydroxylation sites is 1. The van der Waals surface area contributed by atoms with E-state index >= 15 is 0 Å². The molecule has 1 heterocycles. The fourth-order valence-electron chi connectivity index (χ4n) is 3.00. The minimum Gasteiger partial charge on any atom is -0.480 e. The molecule has 0 spiro atoms.